The molecule has 2 rings (SSSR count). The molecule has 0 aromatic heterocycles. The van der Waals surface area contributed by atoms with E-state index in [0.717, 1.165) is 23.9 Å². The maximum atomic E-state index is 14.2. The Kier molecular flexibility index (Phi) is 14.6. The summed E-state index contributed by atoms with van der Waals surface area (Å²) >= 11 is -1.54. The third kappa shape index (κ3) is 10.5. The van der Waals surface area contributed by atoms with Crippen LogP contribution in [0.15, 0.2) is 46.2 Å². The molecule has 0 saturated carbocycles. The Morgan fingerprint density at radius 3 is 1.92 bits per heavy atom. The van der Waals surface area contributed by atoms with Gasteiger partial charge in [-0.25, -0.2) is 8.78 Å². The molecule has 0 unspecified atom stereocenters. The maximum absolute atomic E-state index is 14.2. The zero-order chi connectivity index (χ0) is 28.9. The van der Waals surface area contributed by atoms with Gasteiger partial charge in [-0.1, -0.05) is 0 Å². The molecule has 0 heterocycles. The molecule has 0 aliphatic rings. The first-order valence-corrected chi connectivity index (χ1v) is 23.7. The predicted octanol–water partition coefficient (Wildman–Crippen LogP) is 5.96. The standard InChI is InChI=1S/C16H15F2N2O4S2.3C4H9.Sn/c17-13-8-11(9-14(18)16(13)24-10-15(19)21)25-7-6-20-26(22,23)12-4-2-1-3-5-12;3*1-3-4-2;/h2-5,8-9,20H,6-7,10H2,(H2,19,21);3*1,3-4H2,2H3;. The number of nitrogens with two attached hydrogens (primary N) is 1. The summed E-state index contributed by atoms with van der Waals surface area (Å²) < 4.78 is 66.9. The van der Waals surface area contributed by atoms with Gasteiger partial charge in [-0.05, 0) is 0 Å². The molecule has 0 aliphatic carbocycles. The van der Waals surface area contributed by atoms with Crippen LogP contribution in [0, 0.1) is 11.6 Å². The second-order valence-corrected chi connectivity index (χ2v) is 26.0. The van der Waals surface area contributed by atoms with Crippen molar-refractivity contribution in [3.63, 3.8) is 0 Å². The minimum absolute atomic E-state index is 0.0879. The number of nitrogens with one attached hydrogen (secondary N) is 1. The summed E-state index contributed by atoms with van der Waals surface area (Å²) in [5, 5.41) is 0. The molecule has 0 atom stereocenters. The van der Waals surface area contributed by atoms with E-state index in [-0.39, 0.29) is 22.1 Å². The third-order valence-corrected chi connectivity index (χ3v) is 24.9. The summed E-state index contributed by atoms with van der Waals surface area (Å²) in [7, 11) is -3.72. The minimum atomic E-state index is -3.72. The van der Waals surface area contributed by atoms with Gasteiger partial charge in [0.25, 0.3) is 5.91 Å². The second kappa shape index (κ2) is 16.8. The van der Waals surface area contributed by atoms with E-state index in [4.69, 9.17) is 10.5 Å². The van der Waals surface area contributed by atoms with E-state index >= 15 is 0 Å². The summed E-state index contributed by atoms with van der Waals surface area (Å²) in [6, 6.07) is 9.74. The number of rotatable bonds is 19. The van der Waals surface area contributed by atoms with E-state index < -0.39 is 58.3 Å². The zero-order valence-electron chi connectivity index (χ0n) is 23.2. The molecule has 0 bridgehead atoms. The molecule has 6 nitrogen and oxygen atoms in total. The fourth-order valence-electron chi connectivity index (χ4n) is 4.67. The van der Waals surface area contributed by atoms with E-state index in [2.05, 4.69) is 37.6 Å². The molecule has 0 fully saturated rings. The van der Waals surface area contributed by atoms with Crippen LogP contribution < -0.4 is 18.8 Å². The van der Waals surface area contributed by atoms with Gasteiger partial charge in [-0.3, -0.25) is 4.79 Å². The molecule has 0 saturated heterocycles. The van der Waals surface area contributed by atoms with Crippen molar-refractivity contribution in [2.75, 3.05) is 18.9 Å². The van der Waals surface area contributed by atoms with Crippen molar-refractivity contribution in [2.24, 2.45) is 5.73 Å². The number of amides is 1. The summed E-state index contributed by atoms with van der Waals surface area (Å²) in [5.41, 5.74) is 4.94. The van der Waals surface area contributed by atoms with E-state index in [1.807, 2.05) is 0 Å². The number of thioether (sulfide) groups is 1. The van der Waals surface area contributed by atoms with Crippen molar-refractivity contribution >= 4 is 49.6 Å². The number of halogens is 2. The predicted molar refractivity (Wildman–Crippen MR) is 158 cm³/mol. The number of hydrogen-bond acceptors (Lipinski definition) is 5. The first kappa shape index (κ1) is 33.8. The fourth-order valence-corrected chi connectivity index (χ4v) is 22.6. The molecule has 39 heavy (non-hydrogen) atoms. The van der Waals surface area contributed by atoms with Gasteiger partial charge in [0.15, 0.2) is 12.4 Å². The number of hydrogen-bond donors (Lipinski definition) is 2. The number of unbranched alkanes of at least 4 members (excludes halogenated alkanes) is 3. The summed E-state index contributed by atoms with van der Waals surface area (Å²) in [6.45, 7) is 6.16. The second-order valence-electron chi connectivity index (χ2n) is 9.83. The molecule has 11 heteroatoms. The molecule has 218 valence electrons. The van der Waals surface area contributed by atoms with Crippen LogP contribution in [0.3, 0.4) is 0 Å². The Morgan fingerprint density at radius 1 is 0.949 bits per heavy atom. The third-order valence-electron chi connectivity index (χ3n) is 6.80. The van der Waals surface area contributed by atoms with Crippen LogP contribution >= 0.6 is 11.8 Å². The Hall–Kier alpha value is -1.37. The quantitative estimate of drug-likeness (QED) is 0.108. The number of carbonyl (C=O) groups excluding carboxylic acids is 1. The fraction of sp³-hybridized carbons (Fsp3) is 0.536. The Bertz CT molecular complexity index is 1120. The molecule has 3 N–H and O–H groups in total. The van der Waals surface area contributed by atoms with Gasteiger partial charge in [-0.2, -0.15) is 0 Å². The normalized spacial score (nSPS) is 12.0. The van der Waals surface area contributed by atoms with Crippen LogP contribution in [0.5, 0.6) is 5.75 Å². The van der Waals surface area contributed by atoms with E-state index in [1.54, 1.807) is 12.1 Å². The Morgan fingerprint density at radius 2 is 1.46 bits per heavy atom. The van der Waals surface area contributed by atoms with Crippen LogP contribution in [0.25, 0.3) is 0 Å². The van der Waals surface area contributed by atoms with Gasteiger partial charge in [0.2, 0.25) is 0 Å². The van der Waals surface area contributed by atoms with Crippen LogP contribution in [0.1, 0.15) is 59.3 Å². The molecular formula is C28H42F2N2O4S2Sn. The Labute approximate surface area is 240 Å². The van der Waals surface area contributed by atoms with Crippen molar-refractivity contribution in [1.29, 1.82) is 0 Å². The molecule has 1 amide bonds. The number of benzene rings is 2. The first-order valence-electron chi connectivity index (χ1n) is 13.7. The molecule has 0 aliphatic heterocycles. The van der Waals surface area contributed by atoms with Crippen LogP contribution in [-0.2, 0) is 14.8 Å². The Balaban J connectivity index is 2.05. The molecule has 0 radical (unpaired) electrons. The first-order chi connectivity index (χ1) is 18.6. The van der Waals surface area contributed by atoms with Crippen molar-refractivity contribution in [3.05, 3.63) is 48.0 Å². The van der Waals surface area contributed by atoms with Gasteiger partial charge in [0.05, 0.1) is 0 Å². The number of primary amides is 1. The van der Waals surface area contributed by atoms with Crippen molar-refractivity contribution < 1.29 is 26.7 Å². The van der Waals surface area contributed by atoms with Crippen LogP contribution in [0.4, 0.5) is 8.78 Å². The van der Waals surface area contributed by atoms with Crippen molar-refractivity contribution in [1.82, 2.24) is 4.72 Å². The van der Waals surface area contributed by atoms with Gasteiger partial charge in [0.1, 0.15) is 0 Å². The van der Waals surface area contributed by atoms with Gasteiger partial charge in [0, 0.05) is 0 Å². The number of carbonyl (C=O) groups is 1. The van der Waals surface area contributed by atoms with E-state index in [1.165, 1.54) is 55.4 Å². The number of sulfonamides is 1. The van der Waals surface area contributed by atoms with Crippen LogP contribution in [0.2, 0.25) is 13.3 Å². The zero-order valence-corrected chi connectivity index (χ0v) is 27.7. The summed E-state index contributed by atoms with van der Waals surface area (Å²) in [6.07, 6.45) is 7.24. The van der Waals surface area contributed by atoms with Crippen LogP contribution in [-0.4, -0.2) is 51.6 Å². The van der Waals surface area contributed by atoms with Gasteiger partial charge in [-0.15, -0.1) is 0 Å². The van der Waals surface area contributed by atoms with Crippen molar-refractivity contribution in [3.8, 4) is 5.75 Å². The van der Waals surface area contributed by atoms with Gasteiger partial charge < -0.3 is 10.5 Å². The summed E-state index contributed by atoms with van der Waals surface area (Å²) in [5.74, 6) is -3.17. The monoisotopic (exact) mass is 692 g/mol. The molecule has 2 aromatic rings. The number of ether oxygens (including phenoxy) is 1. The molecule has 2 aromatic carbocycles. The average Bonchev–Trinajstić information content (AvgIpc) is 2.90. The SMILES string of the molecule is CCC[CH2][Sn]([CH2]CCC)([CH2]CCC)[c]1ccc(S(=O)(=O)NCCSc2cc(F)c(OCC(N)=O)c(F)c2)cc1. The molecule has 0 spiro atoms. The van der Waals surface area contributed by atoms with E-state index in [9.17, 15) is 22.0 Å². The van der Waals surface area contributed by atoms with Crippen molar-refractivity contribution in [2.45, 2.75) is 82.4 Å². The average molecular weight is 691 g/mol. The molecular weight excluding hydrogens is 649 g/mol. The topological polar surface area (TPSA) is 98.5 Å². The van der Waals surface area contributed by atoms with Gasteiger partial charge >= 0.3 is 200 Å². The van der Waals surface area contributed by atoms with E-state index in [0.29, 0.717) is 0 Å². The summed E-state index contributed by atoms with van der Waals surface area (Å²) in [4.78, 5) is 11.3.